The highest BCUT2D eigenvalue weighted by Gasteiger charge is 2.19. The summed E-state index contributed by atoms with van der Waals surface area (Å²) in [4.78, 5) is 24.2. The second kappa shape index (κ2) is 8.87. The highest BCUT2D eigenvalue weighted by Crippen LogP contribution is 2.15. The molecule has 1 atom stereocenters. The third-order valence-electron chi connectivity index (χ3n) is 3.37. The van der Waals surface area contributed by atoms with Crippen molar-refractivity contribution in [3.8, 4) is 5.75 Å². The summed E-state index contributed by atoms with van der Waals surface area (Å²) >= 11 is 0. The van der Waals surface area contributed by atoms with Crippen molar-refractivity contribution in [3.63, 3.8) is 0 Å². The number of rotatable bonds is 7. The molecule has 0 aliphatic rings. The number of esters is 1. The Morgan fingerprint density at radius 1 is 0.960 bits per heavy atom. The van der Waals surface area contributed by atoms with Crippen LogP contribution in [-0.2, 0) is 9.53 Å². The van der Waals surface area contributed by atoms with Crippen molar-refractivity contribution in [1.82, 2.24) is 0 Å². The Bertz CT molecular complexity index is 695. The summed E-state index contributed by atoms with van der Waals surface area (Å²) in [5, 5.41) is 2.70. The first kappa shape index (κ1) is 18.5. The third-order valence-corrected chi connectivity index (χ3v) is 3.37. The van der Waals surface area contributed by atoms with Crippen LogP contribution in [0.3, 0.4) is 0 Å². The normalized spacial score (nSPS) is 11.7. The van der Waals surface area contributed by atoms with E-state index in [9.17, 15) is 9.59 Å². The SMILES string of the molecule is CC(C)COc1ccc(C(=O)O[C@H](C)C(=O)Nc2ccccc2)cc1. The molecule has 2 aromatic rings. The van der Waals surface area contributed by atoms with Crippen molar-refractivity contribution in [2.45, 2.75) is 26.9 Å². The smallest absolute Gasteiger partial charge is 0.338 e. The quantitative estimate of drug-likeness (QED) is 0.776. The van der Waals surface area contributed by atoms with Gasteiger partial charge in [0.05, 0.1) is 12.2 Å². The van der Waals surface area contributed by atoms with Gasteiger partial charge in [0, 0.05) is 5.69 Å². The molecule has 0 bridgehead atoms. The minimum atomic E-state index is -0.899. The molecule has 0 unspecified atom stereocenters. The number of hydrogen-bond acceptors (Lipinski definition) is 4. The Hall–Kier alpha value is -2.82. The van der Waals surface area contributed by atoms with Crippen molar-refractivity contribution in [1.29, 1.82) is 0 Å². The van der Waals surface area contributed by atoms with E-state index in [1.807, 2.05) is 18.2 Å². The van der Waals surface area contributed by atoms with Crippen LogP contribution in [0, 0.1) is 5.92 Å². The van der Waals surface area contributed by atoms with Gasteiger partial charge in [-0.25, -0.2) is 4.79 Å². The Labute approximate surface area is 148 Å². The van der Waals surface area contributed by atoms with Crippen LogP contribution < -0.4 is 10.1 Å². The number of hydrogen-bond donors (Lipinski definition) is 1. The molecule has 5 heteroatoms. The maximum absolute atomic E-state index is 12.1. The predicted octanol–water partition coefficient (Wildman–Crippen LogP) is 3.91. The lowest BCUT2D eigenvalue weighted by Crippen LogP contribution is -2.29. The number of anilines is 1. The first-order chi connectivity index (χ1) is 12.0. The summed E-state index contributed by atoms with van der Waals surface area (Å²) in [5.74, 6) is 0.191. The van der Waals surface area contributed by atoms with Gasteiger partial charge in [0.15, 0.2) is 6.10 Å². The van der Waals surface area contributed by atoms with Crippen molar-refractivity contribution in [3.05, 3.63) is 60.2 Å². The van der Waals surface area contributed by atoms with Gasteiger partial charge in [-0.1, -0.05) is 32.0 Å². The molecule has 0 fully saturated rings. The largest absolute Gasteiger partial charge is 0.493 e. The van der Waals surface area contributed by atoms with E-state index >= 15 is 0 Å². The van der Waals surface area contributed by atoms with Crippen LogP contribution in [0.1, 0.15) is 31.1 Å². The minimum Gasteiger partial charge on any atom is -0.493 e. The zero-order valence-electron chi connectivity index (χ0n) is 14.7. The number of nitrogens with one attached hydrogen (secondary N) is 1. The van der Waals surface area contributed by atoms with Gasteiger partial charge in [-0.3, -0.25) is 4.79 Å². The van der Waals surface area contributed by atoms with E-state index in [1.54, 1.807) is 36.4 Å². The molecule has 2 aromatic carbocycles. The number of benzene rings is 2. The van der Waals surface area contributed by atoms with Crippen LogP contribution in [0.15, 0.2) is 54.6 Å². The molecule has 132 valence electrons. The summed E-state index contributed by atoms with van der Waals surface area (Å²) in [5.41, 5.74) is 1.03. The number of carbonyl (C=O) groups is 2. The zero-order valence-corrected chi connectivity index (χ0v) is 14.7. The van der Waals surface area contributed by atoms with Crippen molar-refractivity contribution >= 4 is 17.6 Å². The Morgan fingerprint density at radius 3 is 2.20 bits per heavy atom. The summed E-state index contributed by atoms with van der Waals surface area (Å²) in [6.07, 6.45) is -0.899. The standard InChI is InChI=1S/C20H23NO4/c1-14(2)13-24-18-11-9-16(10-12-18)20(23)25-15(3)19(22)21-17-7-5-4-6-8-17/h4-12,14-15H,13H2,1-3H3,(H,21,22)/t15-/m1/s1. The molecule has 25 heavy (non-hydrogen) atoms. The average Bonchev–Trinajstić information content (AvgIpc) is 2.61. The number of para-hydroxylation sites is 1. The molecule has 0 heterocycles. The molecule has 1 amide bonds. The molecule has 0 spiro atoms. The van der Waals surface area contributed by atoms with Crippen molar-refractivity contribution < 1.29 is 19.1 Å². The zero-order chi connectivity index (χ0) is 18.2. The van der Waals surface area contributed by atoms with E-state index in [1.165, 1.54) is 6.92 Å². The second-order valence-corrected chi connectivity index (χ2v) is 6.13. The molecule has 0 saturated heterocycles. The van der Waals surface area contributed by atoms with Crippen LogP contribution in [0.5, 0.6) is 5.75 Å². The molecule has 0 aliphatic heterocycles. The van der Waals surface area contributed by atoms with Crippen LogP contribution in [0.2, 0.25) is 0 Å². The predicted molar refractivity (Wildman–Crippen MR) is 96.7 cm³/mol. The molecule has 5 nitrogen and oxygen atoms in total. The van der Waals surface area contributed by atoms with Crippen LogP contribution >= 0.6 is 0 Å². The molecular weight excluding hydrogens is 318 g/mol. The first-order valence-electron chi connectivity index (χ1n) is 8.25. The monoisotopic (exact) mass is 341 g/mol. The third kappa shape index (κ3) is 5.95. The molecule has 0 aromatic heterocycles. The van der Waals surface area contributed by atoms with Crippen molar-refractivity contribution in [2.24, 2.45) is 5.92 Å². The summed E-state index contributed by atoms with van der Waals surface area (Å²) in [7, 11) is 0. The van der Waals surface area contributed by atoms with E-state index in [0.717, 1.165) is 0 Å². The Balaban J connectivity index is 1.88. The maximum atomic E-state index is 12.1. The number of carbonyl (C=O) groups excluding carboxylic acids is 2. The second-order valence-electron chi connectivity index (χ2n) is 6.13. The lowest BCUT2D eigenvalue weighted by Gasteiger charge is -2.14. The summed E-state index contributed by atoms with van der Waals surface area (Å²) < 4.78 is 10.8. The summed E-state index contributed by atoms with van der Waals surface area (Å²) in [6.45, 7) is 6.28. The lowest BCUT2D eigenvalue weighted by molar-refractivity contribution is -0.123. The van der Waals surface area contributed by atoms with Gasteiger partial charge >= 0.3 is 5.97 Å². The van der Waals surface area contributed by atoms with Gasteiger partial charge in [-0.15, -0.1) is 0 Å². The van der Waals surface area contributed by atoms with E-state index in [4.69, 9.17) is 9.47 Å². The summed E-state index contributed by atoms with van der Waals surface area (Å²) in [6, 6.07) is 15.7. The van der Waals surface area contributed by atoms with Crippen LogP contribution in [0.4, 0.5) is 5.69 Å². The molecular formula is C20H23NO4. The van der Waals surface area contributed by atoms with Gasteiger partial charge < -0.3 is 14.8 Å². The van der Waals surface area contributed by atoms with Crippen LogP contribution in [-0.4, -0.2) is 24.6 Å². The molecule has 0 aliphatic carbocycles. The fourth-order valence-electron chi connectivity index (χ4n) is 2.00. The highest BCUT2D eigenvalue weighted by molar-refractivity contribution is 5.97. The van der Waals surface area contributed by atoms with Gasteiger partial charge in [0.2, 0.25) is 0 Å². The molecule has 0 saturated carbocycles. The molecule has 2 rings (SSSR count). The van der Waals surface area contributed by atoms with E-state index in [-0.39, 0.29) is 5.91 Å². The van der Waals surface area contributed by atoms with E-state index in [2.05, 4.69) is 19.2 Å². The fourth-order valence-corrected chi connectivity index (χ4v) is 2.00. The fraction of sp³-hybridized carbons (Fsp3) is 0.300. The maximum Gasteiger partial charge on any atom is 0.338 e. The lowest BCUT2D eigenvalue weighted by atomic mass is 10.2. The Kier molecular flexibility index (Phi) is 6.57. The average molecular weight is 341 g/mol. The van der Waals surface area contributed by atoms with Gasteiger partial charge in [-0.2, -0.15) is 0 Å². The number of amides is 1. The van der Waals surface area contributed by atoms with E-state index < -0.39 is 12.1 Å². The van der Waals surface area contributed by atoms with Gasteiger partial charge in [0.1, 0.15) is 5.75 Å². The topological polar surface area (TPSA) is 64.6 Å². The van der Waals surface area contributed by atoms with Gasteiger partial charge in [0.25, 0.3) is 5.91 Å². The van der Waals surface area contributed by atoms with Crippen LogP contribution in [0.25, 0.3) is 0 Å². The van der Waals surface area contributed by atoms with Crippen molar-refractivity contribution in [2.75, 3.05) is 11.9 Å². The first-order valence-corrected chi connectivity index (χ1v) is 8.25. The highest BCUT2D eigenvalue weighted by atomic mass is 16.5. The van der Waals surface area contributed by atoms with Gasteiger partial charge in [-0.05, 0) is 49.2 Å². The molecule has 0 radical (unpaired) electrons. The van der Waals surface area contributed by atoms with E-state index in [0.29, 0.717) is 29.5 Å². The molecule has 1 N–H and O–H groups in total. The minimum absolute atomic E-state index is 0.372. The number of ether oxygens (including phenoxy) is 2. The Morgan fingerprint density at radius 2 is 1.60 bits per heavy atom.